The number of fused-ring (bicyclic) bond motifs is 3. The Morgan fingerprint density at radius 2 is 2.46 bits per heavy atom. The van der Waals surface area contributed by atoms with E-state index < -0.39 is 0 Å². The van der Waals surface area contributed by atoms with Crippen LogP contribution < -0.4 is 5.32 Å². The molecule has 2 atom stereocenters. The number of hydrogen-bond donors (Lipinski definition) is 1. The molecule has 0 bridgehead atoms. The second-order valence-electron chi connectivity index (χ2n) is 4.15. The summed E-state index contributed by atoms with van der Waals surface area (Å²) in [7, 11) is 0. The summed E-state index contributed by atoms with van der Waals surface area (Å²) in [4.78, 5) is 4.24. The number of nitrogens with zero attached hydrogens (tertiary/aromatic N) is 2. The molecular formula is C10H15N3. The lowest BCUT2D eigenvalue weighted by molar-refractivity contribution is 0.215. The van der Waals surface area contributed by atoms with Crippen LogP contribution in [0, 0.1) is 5.92 Å². The van der Waals surface area contributed by atoms with Gasteiger partial charge in [-0.1, -0.05) is 0 Å². The maximum absolute atomic E-state index is 4.24. The van der Waals surface area contributed by atoms with Gasteiger partial charge in [0.15, 0.2) is 0 Å². The zero-order valence-electron chi connectivity index (χ0n) is 7.74. The van der Waals surface area contributed by atoms with Gasteiger partial charge in [-0.2, -0.15) is 0 Å². The molecule has 0 amide bonds. The van der Waals surface area contributed by atoms with Crippen molar-refractivity contribution in [3.63, 3.8) is 0 Å². The van der Waals surface area contributed by atoms with Gasteiger partial charge in [0.25, 0.3) is 0 Å². The van der Waals surface area contributed by atoms with Gasteiger partial charge >= 0.3 is 0 Å². The van der Waals surface area contributed by atoms with Crippen molar-refractivity contribution in [2.45, 2.75) is 25.3 Å². The zero-order chi connectivity index (χ0) is 8.67. The molecule has 3 nitrogen and oxygen atoms in total. The molecule has 3 rings (SSSR count). The van der Waals surface area contributed by atoms with E-state index in [1.165, 1.54) is 38.0 Å². The van der Waals surface area contributed by atoms with Crippen LogP contribution in [0.15, 0.2) is 12.5 Å². The van der Waals surface area contributed by atoms with Crippen LogP contribution in [0.25, 0.3) is 0 Å². The van der Waals surface area contributed by atoms with E-state index in [1.807, 2.05) is 12.5 Å². The second kappa shape index (κ2) is 2.84. The van der Waals surface area contributed by atoms with E-state index in [2.05, 4.69) is 14.9 Å². The highest BCUT2D eigenvalue weighted by Gasteiger charge is 2.30. The van der Waals surface area contributed by atoms with E-state index in [0.717, 1.165) is 12.0 Å². The van der Waals surface area contributed by atoms with Gasteiger partial charge in [0, 0.05) is 17.9 Å². The molecule has 1 fully saturated rings. The maximum Gasteiger partial charge on any atom is 0.0950 e. The van der Waals surface area contributed by atoms with Crippen LogP contribution in [0.4, 0.5) is 0 Å². The second-order valence-corrected chi connectivity index (χ2v) is 4.15. The molecule has 0 radical (unpaired) electrons. The molecule has 1 N–H and O–H groups in total. The fraction of sp³-hybridized carbons (Fsp3) is 0.700. The summed E-state index contributed by atoms with van der Waals surface area (Å²) in [5.41, 5.74) is 1.43. The summed E-state index contributed by atoms with van der Waals surface area (Å²) in [5, 5.41) is 3.47. The SMILES string of the molecule is c1ncn2c1CCC1CNCCC12. The number of nitrogens with one attached hydrogen (secondary N) is 1. The highest BCUT2D eigenvalue weighted by molar-refractivity contribution is 5.06. The first-order valence-corrected chi connectivity index (χ1v) is 5.16. The summed E-state index contributed by atoms with van der Waals surface area (Å²) >= 11 is 0. The molecular weight excluding hydrogens is 162 g/mol. The largest absolute Gasteiger partial charge is 0.331 e. The van der Waals surface area contributed by atoms with Crippen LogP contribution in [0.3, 0.4) is 0 Å². The number of imidazole rings is 1. The molecule has 70 valence electrons. The van der Waals surface area contributed by atoms with Crippen LogP contribution in [0.5, 0.6) is 0 Å². The Morgan fingerprint density at radius 3 is 3.46 bits per heavy atom. The molecule has 13 heavy (non-hydrogen) atoms. The van der Waals surface area contributed by atoms with Crippen molar-refractivity contribution in [3.8, 4) is 0 Å². The summed E-state index contributed by atoms with van der Waals surface area (Å²) in [5.74, 6) is 0.843. The highest BCUT2D eigenvalue weighted by Crippen LogP contribution is 2.33. The Bertz CT molecular complexity index is 305. The minimum Gasteiger partial charge on any atom is -0.331 e. The van der Waals surface area contributed by atoms with Gasteiger partial charge in [-0.15, -0.1) is 0 Å². The quantitative estimate of drug-likeness (QED) is 0.640. The van der Waals surface area contributed by atoms with Crippen molar-refractivity contribution in [2.75, 3.05) is 13.1 Å². The summed E-state index contributed by atoms with van der Waals surface area (Å²) in [6.45, 7) is 2.36. The van der Waals surface area contributed by atoms with E-state index in [0.29, 0.717) is 0 Å². The van der Waals surface area contributed by atoms with Crippen LogP contribution in [-0.4, -0.2) is 22.6 Å². The number of hydrogen-bond acceptors (Lipinski definition) is 2. The fourth-order valence-electron chi connectivity index (χ4n) is 2.73. The average Bonchev–Trinajstić information content (AvgIpc) is 2.65. The van der Waals surface area contributed by atoms with Crippen molar-refractivity contribution in [1.82, 2.24) is 14.9 Å². The Labute approximate surface area is 78.2 Å². The van der Waals surface area contributed by atoms with Gasteiger partial charge in [-0.3, -0.25) is 0 Å². The summed E-state index contributed by atoms with van der Waals surface area (Å²) in [6.07, 6.45) is 7.86. The molecule has 2 unspecified atom stereocenters. The zero-order valence-corrected chi connectivity index (χ0v) is 7.74. The lowest BCUT2D eigenvalue weighted by atomic mass is 9.85. The highest BCUT2D eigenvalue weighted by atomic mass is 15.1. The van der Waals surface area contributed by atoms with Gasteiger partial charge in [0.2, 0.25) is 0 Å². The topological polar surface area (TPSA) is 29.9 Å². The predicted octanol–water partition coefficient (Wildman–Crippen LogP) is 0.980. The minimum atomic E-state index is 0.729. The van der Waals surface area contributed by atoms with Crippen molar-refractivity contribution >= 4 is 0 Å². The molecule has 0 aromatic carbocycles. The van der Waals surface area contributed by atoms with E-state index in [4.69, 9.17) is 0 Å². The molecule has 0 aliphatic carbocycles. The van der Waals surface area contributed by atoms with E-state index in [1.54, 1.807) is 0 Å². The first kappa shape index (κ1) is 7.56. The van der Waals surface area contributed by atoms with Gasteiger partial charge in [-0.25, -0.2) is 4.98 Å². The molecule has 2 aliphatic rings. The molecule has 3 heterocycles. The smallest absolute Gasteiger partial charge is 0.0950 e. The molecule has 1 saturated heterocycles. The third kappa shape index (κ3) is 1.10. The predicted molar refractivity (Wildman–Crippen MR) is 50.6 cm³/mol. The first-order valence-electron chi connectivity index (χ1n) is 5.16. The Balaban J connectivity index is 1.97. The standard InChI is InChI=1S/C10H15N3/c1-2-9-6-12-7-13(9)10-3-4-11-5-8(1)10/h6-8,10-11H,1-5H2. The normalized spacial score (nSPS) is 32.3. The average molecular weight is 177 g/mol. The monoisotopic (exact) mass is 177 g/mol. The van der Waals surface area contributed by atoms with Crippen molar-refractivity contribution in [2.24, 2.45) is 5.92 Å². The van der Waals surface area contributed by atoms with Gasteiger partial charge in [0.1, 0.15) is 0 Å². The molecule has 1 aromatic heterocycles. The van der Waals surface area contributed by atoms with Gasteiger partial charge < -0.3 is 9.88 Å². The first-order chi connectivity index (χ1) is 6.45. The third-order valence-electron chi connectivity index (χ3n) is 3.44. The molecule has 0 spiro atoms. The van der Waals surface area contributed by atoms with Crippen LogP contribution in [-0.2, 0) is 6.42 Å². The number of piperidine rings is 1. The lowest BCUT2D eigenvalue weighted by Crippen LogP contribution is -2.40. The fourth-order valence-corrected chi connectivity index (χ4v) is 2.73. The van der Waals surface area contributed by atoms with Crippen molar-refractivity contribution in [1.29, 1.82) is 0 Å². The molecule has 0 saturated carbocycles. The maximum atomic E-state index is 4.24. The summed E-state index contributed by atoms with van der Waals surface area (Å²) < 4.78 is 2.40. The Kier molecular flexibility index (Phi) is 1.65. The van der Waals surface area contributed by atoms with E-state index >= 15 is 0 Å². The minimum absolute atomic E-state index is 0.729. The lowest BCUT2D eigenvalue weighted by Gasteiger charge is -2.37. The molecule has 3 heteroatoms. The van der Waals surface area contributed by atoms with Crippen molar-refractivity contribution in [3.05, 3.63) is 18.2 Å². The Morgan fingerprint density at radius 1 is 1.46 bits per heavy atom. The number of aryl methyl sites for hydroxylation is 1. The molecule has 2 aliphatic heterocycles. The van der Waals surface area contributed by atoms with Crippen LogP contribution in [0.1, 0.15) is 24.6 Å². The van der Waals surface area contributed by atoms with Crippen LogP contribution >= 0.6 is 0 Å². The van der Waals surface area contributed by atoms with Gasteiger partial charge in [0.05, 0.1) is 6.33 Å². The van der Waals surface area contributed by atoms with E-state index in [-0.39, 0.29) is 0 Å². The molecule has 1 aromatic rings. The number of rotatable bonds is 0. The third-order valence-corrected chi connectivity index (χ3v) is 3.44. The van der Waals surface area contributed by atoms with Crippen LogP contribution in [0.2, 0.25) is 0 Å². The van der Waals surface area contributed by atoms with Crippen molar-refractivity contribution < 1.29 is 0 Å². The number of aromatic nitrogens is 2. The van der Waals surface area contributed by atoms with Gasteiger partial charge in [-0.05, 0) is 38.3 Å². The summed E-state index contributed by atoms with van der Waals surface area (Å²) in [6, 6.07) is 0.729. The van der Waals surface area contributed by atoms with E-state index in [9.17, 15) is 0 Å². The Hall–Kier alpha value is -0.830.